The van der Waals surface area contributed by atoms with Gasteiger partial charge in [0.15, 0.2) is 0 Å². The second-order valence-corrected chi connectivity index (χ2v) is 3.79. The van der Waals surface area contributed by atoms with Crippen LogP contribution in [0.25, 0.3) is 0 Å². The third-order valence-corrected chi connectivity index (χ3v) is 2.27. The lowest BCUT2D eigenvalue weighted by Crippen LogP contribution is -2.11. The SMILES string of the molecule is O=[N+]([O-])c1c(CO)cc(Br)cc1C(F)(F)F. The summed E-state index contributed by atoms with van der Waals surface area (Å²) >= 11 is 2.80. The molecule has 0 heterocycles. The van der Waals surface area contributed by atoms with Crippen molar-refractivity contribution in [2.45, 2.75) is 12.8 Å². The minimum absolute atomic E-state index is 0.0227. The fraction of sp³-hybridized carbons (Fsp3) is 0.250. The Morgan fingerprint density at radius 2 is 2.00 bits per heavy atom. The Kier molecular flexibility index (Phi) is 3.54. The summed E-state index contributed by atoms with van der Waals surface area (Å²) in [5.74, 6) is 0. The first-order valence-corrected chi connectivity index (χ1v) is 4.71. The molecule has 88 valence electrons. The van der Waals surface area contributed by atoms with Gasteiger partial charge in [-0.3, -0.25) is 10.1 Å². The molecule has 0 saturated heterocycles. The fourth-order valence-electron chi connectivity index (χ4n) is 1.21. The van der Waals surface area contributed by atoms with E-state index in [1.807, 2.05) is 0 Å². The van der Waals surface area contributed by atoms with Crippen molar-refractivity contribution in [3.05, 3.63) is 37.8 Å². The number of hydrogen-bond acceptors (Lipinski definition) is 3. The van der Waals surface area contributed by atoms with E-state index in [4.69, 9.17) is 5.11 Å². The molecule has 0 unspecified atom stereocenters. The maximum Gasteiger partial charge on any atom is 0.423 e. The van der Waals surface area contributed by atoms with E-state index < -0.39 is 29.0 Å². The van der Waals surface area contributed by atoms with Gasteiger partial charge in [0.1, 0.15) is 5.56 Å². The average Bonchev–Trinajstić information content (AvgIpc) is 2.14. The molecule has 0 bridgehead atoms. The van der Waals surface area contributed by atoms with Gasteiger partial charge in [-0.15, -0.1) is 0 Å². The first-order valence-electron chi connectivity index (χ1n) is 3.92. The van der Waals surface area contributed by atoms with Crippen LogP contribution in [0.2, 0.25) is 0 Å². The normalized spacial score (nSPS) is 11.6. The maximum atomic E-state index is 12.5. The number of rotatable bonds is 2. The average molecular weight is 300 g/mol. The fourth-order valence-corrected chi connectivity index (χ4v) is 1.71. The van der Waals surface area contributed by atoms with Gasteiger partial charge in [0.25, 0.3) is 5.69 Å². The monoisotopic (exact) mass is 299 g/mol. The van der Waals surface area contributed by atoms with Gasteiger partial charge in [-0.05, 0) is 12.1 Å². The molecule has 0 saturated carbocycles. The highest BCUT2D eigenvalue weighted by Crippen LogP contribution is 2.39. The minimum Gasteiger partial charge on any atom is -0.391 e. The Hall–Kier alpha value is -1.15. The van der Waals surface area contributed by atoms with E-state index in [-0.39, 0.29) is 10.0 Å². The summed E-state index contributed by atoms with van der Waals surface area (Å²) < 4.78 is 37.5. The molecule has 0 aliphatic rings. The number of halogens is 4. The molecular formula is C8H5BrF3NO3. The number of hydrogen-bond donors (Lipinski definition) is 1. The zero-order valence-corrected chi connectivity index (χ0v) is 9.17. The van der Waals surface area contributed by atoms with Crippen LogP contribution in [0.15, 0.2) is 16.6 Å². The predicted molar refractivity (Wildman–Crippen MR) is 51.7 cm³/mol. The number of benzene rings is 1. The highest BCUT2D eigenvalue weighted by atomic mass is 79.9. The molecule has 0 radical (unpaired) electrons. The number of alkyl halides is 3. The van der Waals surface area contributed by atoms with E-state index in [2.05, 4.69) is 15.9 Å². The molecule has 1 rings (SSSR count). The van der Waals surface area contributed by atoms with Gasteiger partial charge < -0.3 is 5.11 Å². The molecule has 0 atom stereocenters. The van der Waals surface area contributed by atoms with E-state index >= 15 is 0 Å². The molecule has 4 nitrogen and oxygen atoms in total. The van der Waals surface area contributed by atoms with Crippen molar-refractivity contribution < 1.29 is 23.2 Å². The van der Waals surface area contributed by atoms with Crippen molar-refractivity contribution in [2.75, 3.05) is 0 Å². The molecule has 0 aromatic heterocycles. The van der Waals surface area contributed by atoms with E-state index in [1.54, 1.807) is 0 Å². The maximum absolute atomic E-state index is 12.5. The van der Waals surface area contributed by atoms with Crippen molar-refractivity contribution in [3.63, 3.8) is 0 Å². The van der Waals surface area contributed by atoms with Crippen molar-refractivity contribution in [3.8, 4) is 0 Å². The summed E-state index contributed by atoms with van der Waals surface area (Å²) in [6, 6.07) is 1.69. The zero-order valence-electron chi connectivity index (χ0n) is 7.58. The Morgan fingerprint density at radius 1 is 1.44 bits per heavy atom. The summed E-state index contributed by atoms with van der Waals surface area (Å²) in [6.07, 6.45) is -4.84. The Morgan fingerprint density at radius 3 is 2.38 bits per heavy atom. The van der Waals surface area contributed by atoms with E-state index in [9.17, 15) is 23.3 Å². The number of nitrogens with zero attached hydrogens (tertiary/aromatic N) is 1. The van der Waals surface area contributed by atoms with Crippen molar-refractivity contribution in [1.82, 2.24) is 0 Å². The summed E-state index contributed by atoms with van der Waals surface area (Å²) in [5.41, 5.74) is -2.87. The van der Waals surface area contributed by atoms with Crippen LogP contribution in [0.1, 0.15) is 11.1 Å². The first kappa shape index (κ1) is 12.9. The lowest BCUT2D eigenvalue weighted by molar-refractivity contribution is -0.389. The molecule has 0 aliphatic heterocycles. The van der Waals surface area contributed by atoms with Gasteiger partial charge in [0, 0.05) is 4.47 Å². The largest absolute Gasteiger partial charge is 0.423 e. The van der Waals surface area contributed by atoms with Gasteiger partial charge in [-0.2, -0.15) is 13.2 Å². The van der Waals surface area contributed by atoms with Crippen LogP contribution in [-0.4, -0.2) is 10.0 Å². The molecule has 0 fully saturated rings. The Labute approximate surface area is 96.0 Å². The van der Waals surface area contributed by atoms with Crippen LogP contribution in [0, 0.1) is 10.1 Å². The highest BCUT2D eigenvalue weighted by molar-refractivity contribution is 9.10. The Bertz CT molecular complexity index is 433. The molecule has 0 aliphatic carbocycles. The molecule has 8 heteroatoms. The third kappa shape index (κ3) is 2.50. The summed E-state index contributed by atoms with van der Waals surface area (Å²) in [6.45, 7) is -0.834. The van der Waals surface area contributed by atoms with Gasteiger partial charge in [0.05, 0.1) is 17.1 Å². The summed E-state index contributed by atoms with van der Waals surface area (Å²) in [7, 11) is 0. The number of aliphatic hydroxyl groups is 1. The first-order chi connectivity index (χ1) is 7.27. The standard InChI is InChI=1S/C8H5BrF3NO3/c9-5-1-4(3-14)7(13(15)16)6(2-5)8(10,11)12/h1-2,14H,3H2. The second kappa shape index (κ2) is 4.38. The number of aliphatic hydroxyl groups excluding tert-OH is 1. The van der Waals surface area contributed by atoms with Gasteiger partial charge in [0.2, 0.25) is 0 Å². The van der Waals surface area contributed by atoms with Crippen LogP contribution >= 0.6 is 15.9 Å². The lowest BCUT2D eigenvalue weighted by atomic mass is 10.1. The molecular weight excluding hydrogens is 295 g/mol. The smallest absolute Gasteiger partial charge is 0.391 e. The second-order valence-electron chi connectivity index (χ2n) is 2.87. The summed E-state index contributed by atoms with van der Waals surface area (Å²) in [5, 5.41) is 19.3. The topological polar surface area (TPSA) is 63.4 Å². The van der Waals surface area contributed by atoms with Gasteiger partial charge in [-0.1, -0.05) is 15.9 Å². The van der Waals surface area contributed by atoms with Crippen molar-refractivity contribution >= 4 is 21.6 Å². The number of nitro benzene ring substituents is 1. The van der Waals surface area contributed by atoms with E-state index in [0.717, 1.165) is 6.07 Å². The van der Waals surface area contributed by atoms with Crippen LogP contribution in [-0.2, 0) is 12.8 Å². The third-order valence-electron chi connectivity index (χ3n) is 1.81. The zero-order chi connectivity index (χ0) is 12.5. The van der Waals surface area contributed by atoms with Gasteiger partial charge in [-0.25, -0.2) is 0 Å². The predicted octanol–water partition coefficient (Wildman–Crippen LogP) is 2.87. The minimum atomic E-state index is -4.84. The van der Waals surface area contributed by atoms with E-state index in [0.29, 0.717) is 6.07 Å². The van der Waals surface area contributed by atoms with Gasteiger partial charge >= 0.3 is 6.18 Å². The van der Waals surface area contributed by atoms with Crippen LogP contribution in [0.4, 0.5) is 18.9 Å². The molecule has 0 spiro atoms. The van der Waals surface area contributed by atoms with Crippen molar-refractivity contribution in [1.29, 1.82) is 0 Å². The molecule has 1 aromatic carbocycles. The summed E-state index contributed by atoms with van der Waals surface area (Å²) in [4.78, 5) is 9.39. The molecule has 1 aromatic rings. The van der Waals surface area contributed by atoms with Crippen LogP contribution < -0.4 is 0 Å². The number of nitro groups is 1. The Balaban J connectivity index is 3.57. The van der Waals surface area contributed by atoms with Crippen LogP contribution in [0.3, 0.4) is 0 Å². The quantitative estimate of drug-likeness (QED) is 0.674. The van der Waals surface area contributed by atoms with E-state index in [1.165, 1.54) is 0 Å². The lowest BCUT2D eigenvalue weighted by Gasteiger charge is -2.10. The molecule has 1 N–H and O–H groups in total. The highest BCUT2D eigenvalue weighted by Gasteiger charge is 2.40. The molecule has 0 amide bonds. The molecule has 16 heavy (non-hydrogen) atoms. The van der Waals surface area contributed by atoms with Crippen LogP contribution in [0.5, 0.6) is 0 Å². The van der Waals surface area contributed by atoms with Crippen molar-refractivity contribution in [2.24, 2.45) is 0 Å².